The highest BCUT2D eigenvalue weighted by molar-refractivity contribution is 6.26. The van der Waals surface area contributed by atoms with Gasteiger partial charge in [-0.1, -0.05) is 78.9 Å². The standard InChI is InChI=1S/C37H20N2O/c1-2-7-22-16-23(13-12-21(22)6-1)24-14-15-34-29(17-24)30-19-28-26-9-5-10-27-31-18-25-8-3-4-11-32(25)38-37(31)39(36(26)27)33(28)20-35(30)40-34/h1-20H. The highest BCUT2D eigenvalue weighted by Gasteiger charge is 2.20. The molecule has 0 amide bonds. The van der Waals surface area contributed by atoms with E-state index in [-0.39, 0.29) is 0 Å². The summed E-state index contributed by atoms with van der Waals surface area (Å²) < 4.78 is 8.79. The van der Waals surface area contributed by atoms with E-state index in [1.54, 1.807) is 0 Å². The molecule has 0 fully saturated rings. The van der Waals surface area contributed by atoms with Crippen LogP contribution in [0.2, 0.25) is 0 Å². The van der Waals surface area contributed by atoms with Crippen LogP contribution in [-0.2, 0) is 0 Å². The van der Waals surface area contributed by atoms with Gasteiger partial charge in [-0.2, -0.15) is 0 Å². The quantitative estimate of drug-likeness (QED) is 0.221. The molecule has 0 spiro atoms. The van der Waals surface area contributed by atoms with Gasteiger partial charge in [-0.25, -0.2) is 4.98 Å². The Balaban J connectivity index is 1.28. The second-order valence-corrected chi connectivity index (χ2v) is 10.8. The highest BCUT2D eigenvalue weighted by atomic mass is 16.3. The first-order valence-electron chi connectivity index (χ1n) is 13.6. The molecular weight excluding hydrogens is 488 g/mol. The Morgan fingerprint density at radius 3 is 2.15 bits per heavy atom. The summed E-state index contributed by atoms with van der Waals surface area (Å²) in [6.45, 7) is 0. The molecule has 3 nitrogen and oxygen atoms in total. The lowest BCUT2D eigenvalue weighted by molar-refractivity contribution is 0.669. The van der Waals surface area contributed by atoms with Crippen LogP contribution >= 0.6 is 0 Å². The Morgan fingerprint density at radius 1 is 0.475 bits per heavy atom. The number of hydrogen-bond acceptors (Lipinski definition) is 2. The number of rotatable bonds is 1. The van der Waals surface area contributed by atoms with Crippen molar-refractivity contribution in [3.8, 4) is 11.1 Å². The lowest BCUT2D eigenvalue weighted by atomic mass is 9.99. The Morgan fingerprint density at radius 2 is 1.23 bits per heavy atom. The summed E-state index contributed by atoms with van der Waals surface area (Å²) >= 11 is 0. The van der Waals surface area contributed by atoms with Gasteiger partial charge >= 0.3 is 0 Å². The third-order valence-electron chi connectivity index (χ3n) is 8.67. The van der Waals surface area contributed by atoms with Crippen molar-refractivity contribution < 1.29 is 4.42 Å². The summed E-state index contributed by atoms with van der Waals surface area (Å²) in [5.74, 6) is 0. The van der Waals surface area contributed by atoms with Gasteiger partial charge in [0.05, 0.1) is 16.6 Å². The maximum absolute atomic E-state index is 6.46. The summed E-state index contributed by atoms with van der Waals surface area (Å²) in [5.41, 5.74) is 8.56. The minimum Gasteiger partial charge on any atom is -0.456 e. The summed E-state index contributed by atoms with van der Waals surface area (Å²) in [6, 6.07) is 43.5. The first kappa shape index (κ1) is 20.5. The number of para-hydroxylation sites is 2. The predicted molar refractivity (Wildman–Crippen MR) is 167 cm³/mol. The van der Waals surface area contributed by atoms with Gasteiger partial charge in [0.15, 0.2) is 0 Å². The van der Waals surface area contributed by atoms with E-state index in [2.05, 4.69) is 126 Å². The van der Waals surface area contributed by atoms with Gasteiger partial charge in [-0.15, -0.1) is 0 Å². The monoisotopic (exact) mass is 508 g/mol. The molecule has 0 saturated carbocycles. The minimum atomic E-state index is 0.896. The van der Waals surface area contributed by atoms with Crippen molar-refractivity contribution in [2.45, 2.75) is 0 Å². The van der Waals surface area contributed by atoms with Crippen molar-refractivity contribution in [2.75, 3.05) is 0 Å². The van der Waals surface area contributed by atoms with E-state index < -0.39 is 0 Å². The van der Waals surface area contributed by atoms with Crippen molar-refractivity contribution in [2.24, 2.45) is 0 Å². The number of nitrogens with zero attached hydrogens (tertiary/aromatic N) is 2. The number of benzene rings is 6. The van der Waals surface area contributed by atoms with E-state index in [1.807, 2.05) is 0 Å². The molecule has 0 N–H and O–H groups in total. The molecular formula is C37H20N2O. The van der Waals surface area contributed by atoms with Crippen molar-refractivity contribution in [1.29, 1.82) is 0 Å². The topological polar surface area (TPSA) is 30.4 Å². The fourth-order valence-electron chi connectivity index (χ4n) is 6.80. The molecule has 10 aromatic rings. The van der Waals surface area contributed by atoms with E-state index in [1.165, 1.54) is 49.0 Å². The zero-order valence-corrected chi connectivity index (χ0v) is 21.3. The van der Waals surface area contributed by atoms with Crippen molar-refractivity contribution in [3.63, 3.8) is 0 Å². The second kappa shape index (κ2) is 7.16. The molecule has 4 aromatic heterocycles. The van der Waals surface area contributed by atoms with Gasteiger partial charge in [0.25, 0.3) is 0 Å². The largest absolute Gasteiger partial charge is 0.456 e. The molecule has 0 saturated heterocycles. The third kappa shape index (κ3) is 2.57. The lowest BCUT2D eigenvalue weighted by Crippen LogP contribution is -1.86. The number of aromatic nitrogens is 2. The second-order valence-electron chi connectivity index (χ2n) is 10.8. The number of hydrogen-bond donors (Lipinski definition) is 0. The van der Waals surface area contributed by atoms with Crippen LogP contribution in [0.25, 0.3) is 93.0 Å². The SMILES string of the molecule is c1ccc2cc(-c3ccc4oc5cc6c(cc5c4c3)c3cccc4c5cc7ccccc7nc5n6c34)ccc2c1. The average Bonchev–Trinajstić information content (AvgIpc) is 3.64. The third-order valence-corrected chi connectivity index (χ3v) is 8.67. The zero-order chi connectivity index (χ0) is 25.9. The van der Waals surface area contributed by atoms with Crippen molar-refractivity contribution in [1.82, 2.24) is 9.38 Å². The lowest BCUT2D eigenvalue weighted by Gasteiger charge is -2.04. The molecule has 0 aliphatic rings. The van der Waals surface area contributed by atoms with Crippen LogP contribution in [0, 0.1) is 0 Å². The zero-order valence-electron chi connectivity index (χ0n) is 21.3. The summed E-state index contributed by atoms with van der Waals surface area (Å²) in [7, 11) is 0. The van der Waals surface area contributed by atoms with Crippen LogP contribution in [0.1, 0.15) is 0 Å². The average molecular weight is 509 g/mol. The van der Waals surface area contributed by atoms with E-state index in [4.69, 9.17) is 9.40 Å². The molecule has 10 rings (SSSR count). The van der Waals surface area contributed by atoms with Crippen LogP contribution < -0.4 is 0 Å². The van der Waals surface area contributed by atoms with E-state index in [0.29, 0.717) is 0 Å². The van der Waals surface area contributed by atoms with Gasteiger partial charge in [0, 0.05) is 43.8 Å². The van der Waals surface area contributed by atoms with E-state index in [0.717, 1.165) is 44.0 Å². The Kier molecular flexibility index (Phi) is 3.68. The van der Waals surface area contributed by atoms with Crippen LogP contribution in [0.15, 0.2) is 126 Å². The fraction of sp³-hybridized carbons (Fsp3) is 0. The number of furan rings is 1. The summed E-state index contributed by atoms with van der Waals surface area (Å²) in [4.78, 5) is 5.14. The molecule has 0 unspecified atom stereocenters. The van der Waals surface area contributed by atoms with Gasteiger partial charge in [-0.05, 0) is 58.3 Å². The van der Waals surface area contributed by atoms with Crippen LogP contribution in [0.5, 0.6) is 0 Å². The molecule has 0 bridgehead atoms. The Labute approximate surface area is 227 Å². The van der Waals surface area contributed by atoms with Crippen molar-refractivity contribution in [3.05, 3.63) is 121 Å². The predicted octanol–water partition coefficient (Wildman–Crippen LogP) is 10.1. The molecule has 4 heterocycles. The van der Waals surface area contributed by atoms with E-state index in [9.17, 15) is 0 Å². The summed E-state index contributed by atoms with van der Waals surface area (Å²) in [6.07, 6.45) is 0. The molecule has 0 aliphatic heterocycles. The smallest absolute Gasteiger partial charge is 0.146 e. The van der Waals surface area contributed by atoms with Crippen molar-refractivity contribution >= 4 is 81.8 Å². The van der Waals surface area contributed by atoms with Gasteiger partial charge in [0.1, 0.15) is 16.8 Å². The maximum atomic E-state index is 6.46. The first-order chi connectivity index (χ1) is 19.8. The molecule has 3 heteroatoms. The Hall–Kier alpha value is -5.41. The van der Waals surface area contributed by atoms with Crippen LogP contribution in [-0.4, -0.2) is 9.38 Å². The Bertz CT molecular complexity index is 2660. The molecule has 6 aromatic carbocycles. The van der Waals surface area contributed by atoms with Gasteiger partial charge in [-0.3, -0.25) is 4.40 Å². The van der Waals surface area contributed by atoms with Crippen LogP contribution in [0.3, 0.4) is 0 Å². The molecule has 0 atom stereocenters. The van der Waals surface area contributed by atoms with Gasteiger partial charge in [0.2, 0.25) is 0 Å². The first-order valence-corrected chi connectivity index (χ1v) is 13.6. The molecule has 40 heavy (non-hydrogen) atoms. The summed E-state index contributed by atoms with van der Waals surface area (Å²) in [5, 5.41) is 10.8. The number of pyridine rings is 1. The normalized spacial score (nSPS) is 12.5. The van der Waals surface area contributed by atoms with E-state index >= 15 is 0 Å². The van der Waals surface area contributed by atoms with Gasteiger partial charge < -0.3 is 4.42 Å². The molecule has 0 aliphatic carbocycles. The number of fused-ring (bicyclic) bond motifs is 11. The minimum absolute atomic E-state index is 0.896. The highest BCUT2D eigenvalue weighted by Crippen LogP contribution is 2.42. The maximum Gasteiger partial charge on any atom is 0.146 e. The molecule has 184 valence electrons. The van der Waals surface area contributed by atoms with Crippen LogP contribution in [0.4, 0.5) is 0 Å². The fourth-order valence-corrected chi connectivity index (χ4v) is 6.80. The molecule has 0 radical (unpaired) electrons.